The molecule has 0 radical (unpaired) electrons. The van der Waals surface area contributed by atoms with E-state index in [1.165, 1.54) is 31.4 Å². The fraction of sp³-hybridized carbons (Fsp3) is 0.348. The van der Waals surface area contributed by atoms with Crippen molar-refractivity contribution in [3.8, 4) is 23.0 Å². The predicted molar refractivity (Wildman–Crippen MR) is 116 cm³/mol. The highest BCUT2D eigenvalue weighted by Crippen LogP contribution is 2.39. The Morgan fingerprint density at radius 1 is 0.812 bits per heavy atom. The molecule has 0 aromatic heterocycles. The third-order valence-electron chi connectivity index (χ3n) is 4.08. The maximum absolute atomic E-state index is 12.5. The first-order valence-corrected chi connectivity index (χ1v) is 10.1. The molecule has 1 N–H and O–H groups in total. The lowest BCUT2D eigenvalue weighted by molar-refractivity contribution is -0.123. The second kappa shape index (κ2) is 12.2. The quantitative estimate of drug-likeness (QED) is 0.526. The lowest BCUT2D eigenvalue weighted by Gasteiger charge is -2.16. The first-order chi connectivity index (χ1) is 15.4. The first-order valence-electron chi connectivity index (χ1n) is 10.1. The number of imide groups is 1. The molecule has 9 nitrogen and oxygen atoms in total. The zero-order valence-electron chi connectivity index (χ0n) is 18.6. The molecule has 0 aliphatic rings. The number of esters is 1. The molecular formula is C23H27NO8. The summed E-state index contributed by atoms with van der Waals surface area (Å²) in [6, 6.07) is 9.13. The van der Waals surface area contributed by atoms with Gasteiger partial charge in [-0.2, -0.15) is 0 Å². The van der Waals surface area contributed by atoms with Crippen LogP contribution < -0.4 is 24.3 Å². The monoisotopic (exact) mass is 445 g/mol. The van der Waals surface area contributed by atoms with Gasteiger partial charge in [0.2, 0.25) is 5.75 Å². The van der Waals surface area contributed by atoms with E-state index in [1.807, 2.05) is 6.92 Å². The third-order valence-corrected chi connectivity index (χ3v) is 4.08. The van der Waals surface area contributed by atoms with E-state index in [9.17, 15) is 14.4 Å². The maximum atomic E-state index is 12.5. The minimum atomic E-state index is -0.776. The Bertz CT molecular complexity index is 913. The SMILES string of the molecule is CCOc1cc(C(=O)OCC(=O)NC(=O)c2ccc(OC)cc2)cc(OCC)c1OCC. The number of methoxy groups -OCH3 is 1. The number of carbonyl (C=O) groups excluding carboxylic acids is 3. The van der Waals surface area contributed by atoms with Gasteiger partial charge in [-0.1, -0.05) is 0 Å². The number of carbonyl (C=O) groups is 3. The van der Waals surface area contributed by atoms with E-state index in [0.29, 0.717) is 42.8 Å². The highest BCUT2D eigenvalue weighted by Gasteiger charge is 2.20. The van der Waals surface area contributed by atoms with Crippen molar-refractivity contribution in [3.05, 3.63) is 47.5 Å². The van der Waals surface area contributed by atoms with Gasteiger partial charge in [0, 0.05) is 5.56 Å². The highest BCUT2D eigenvalue weighted by atomic mass is 16.5. The topological polar surface area (TPSA) is 109 Å². The third kappa shape index (κ3) is 6.63. The summed E-state index contributed by atoms with van der Waals surface area (Å²) in [7, 11) is 1.51. The molecule has 0 spiro atoms. The Hall–Kier alpha value is -3.75. The summed E-state index contributed by atoms with van der Waals surface area (Å²) in [6.07, 6.45) is 0. The van der Waals surface area contributed by atoms with Gasteiger partial charge in [-0.15, -0.1) is 0 Å². The van der Waals surface area contributed by atoms with Crippen LogP contribution in [-0.2, 0) is 9.53 Å². The van der Waals surface area contributed by atoms with E-state index in [1.54, 1.807) is 26.0 Å². The first kappa shape index (κ1) is 24.5. The molecule has 0 fully saturated rings. The van der Waals surface area contributed by atoms with Gasteiger partial charge in [0.25, 0.3) is 11.8 Å². The van der Waals surface area contributed by atoms with Gasteiger partial charge < -0.3 is 23.7 Å². The zero-order chi connectivity index (χ0) is 23.5. The van der Waals surface area contributed by atoms with Crippen molar-refractivity contribution in [2.24, 2.45) is 0 Å². The van der Waals surface area contributed by atoms with Crippen molar-refractivity contribution >= 4 is 17.8 Å². The van der Waals surface area contributed by atoms with Crippen molar-refractivity contribution in [2.45, 2.75) is 20.8 Å². The number of amides is 2. The van der Waals surface area contributed by atoms with Crippen molar-refractivity contribution in [2.75, 3.05) is 33.5 Å². The van der Waals surface area contributed by atoms with Gasteiger partial charge in [0.1, 0.15) is 5.75 Å². The molecule has 0 aliphatic heterocycles. The molecule has 0 saturated carbocycles. The Labute approximate surface area is 186 Å². The predicted octanol–water partition coefficient (Wildman–Crippen LogP) is 3.00. The molecule has 2 rings (SSSR count). The van der Waals surface area contributed by atoms with E-state index in [0.717, 1.165) is 0 Å². The Balaban J connectivity index is 2.05. The van der Waals surface area contributed by atoms with Crippen LogP contribution in [0.4, 0.5) is 0 Å². The number of nitrogens with one attached hydrogen (secondary N) is 1. The number of benzene rings is 2. The van der Waals surface area contributed by atoms with E-state index in [2.05, 4.69) is 5.32 Å². The second-order valence-corrected chi connectivity index (χ2v) is 6.28. The molecule has 0 bridgehead atoms. The van der Waals surface area contributed by atoms with Gasteiger partial charge >= 0.3 is 5.97 Å². The summed E-state index contributed by atoms with van der Waals surface area (Å²) in [5.41, 5.74) is 0.384. The number of rotatable bonds is 11. The van der Waals surface area contributed by atoms with Crippen LogP contribution in [-0.4, -0.2) is 51.3 Å². The van der Waals surface area contributed by atoms with Crippen molar-refractivity contribution in [1.29, 1.82) is 0 Å². The van der Waals surface area contributed by atoms with Crippen LogP contribution in [0.3, 0.4) is 0 Å². The van der Waals surface area contributed by atoms with Crippen LogP contribution in [0.2, 0.25) is 0 Å². The van der Waals surface area contributed by atoms with Gasteiger partial charge in [-0.25, -0.2) is 4.79 Å². The molecule has 2 aromatic carbocycles. The lowest BCUT2D eigenvalue weighted by atomic mass is 10.2. The molecule has 0 saturated heterocycles. The minimum Gasteiger partial charge on any atom is -0.497 e. The standard InChI is InChI=1S/C23H27NO8/c1-5-29-18-12-16(13-19(30-6-2)21(18)31-7-3)23(27)32-14-20(25)24-22(26)15-8-10-17(28-4)11-9-15/h8-13H,5-7,14H2,1-4H3,(H,24,25,26). The molecule has 32 heavy (non-hydrogen) atoms. The van der Waals surface area contributed by atoms with Crippen molar-refractivity contribution in [1.82, 2.24) is 5.32 Å². The lowest BCUT2D eigenvalue weighted by Crippen LogP contribution is -2.34. The van der Waals surface area contributed by atoms with Gasteiger partial charge in [-0.3, -0.25) is 14.9 Å². The average Bonchev–Trinajstić information content (AvgIpc) is 2.79. The fourth-order valence-electron chi connectivity index (χ4n) is 2.70. The molecule has 9 heteroatoms. The van der Waals surface area contributed by atoms with Crippen LogP contribution in [0, 0.1) is 0 Å². The number of ether oxygens (including phenoxy) is 5. The van der Waals surface area contributed by atoms with Gasteiger partial charge in [-0.05, 0) is 57.2 Å². The minimum absolute atomic E-state index is 0.120. The largest absolute Gasteiger partial charge is 0.497 e. The van der Waals surface area contributed by atoms with Crippen LogP contribution in [0.5, 0.6) is 23.0 Å². The molecule has 0 heterocycles. The van der Waals surface area contributed by atoms with Crippen LogP contribution >= 0.6 is 0 Å². The molecule has 172 valence electrons. The van der Waals surface area contributed by atoms with E-state index < -0.39 is 24.4 Å². The fourth-order valence-corrected chi connectivity index (χ4v) is 2.70. The zero-order valence-corrected chi connectivity index (χ0v) is 18.6. The smallest absolute Gasteiger partial charge is 0.338 e. The summed E-state index contributed by atoms with van der Waals surface area (Å²) in [5.74, 6) is -0.544. The van der Waals surface area contributed by atoms with Crippen LogP contribution in [0.15, 0.2) is 36.4 Å². The van der Waals surface area contributed by atoms with Gasteiger partial charge in [0.15, 0.2) is 18.1 Å². The van der Waals surface area contributed by atoms with E-state index in [4.69, 9.17) is 23.7 Å². The molecule has 0 aliphatic carbocycles. The Morgan fingerprint density at radius 2 is 1.38 bits per heavy atom. The second-order valence-electron chi connectivity index (χ2n) is 6.28. The van der Waals surface area contributed by atoms with Crippen LogP contribution in [0.25, 0.3) is 0 Å². The molecule has 0 atom stereocenters. The summed E-state index contributed by atoms with van der Waals surface area (Å²) in [5, 5.41) is 2.16. The van der Waals surface area contributed by atoms with E-state index >= 15 is 0 Å². The molecule has 2 amide bonds. The van der Waals surface area contributed by atoms with Crippen molar-refractivity contribution in [3.63, 3.8) is 0 Å². The summed E-state index contributed by atoms with van der Waals surface area (Å²) < 4.78 is 26.8. The highest BCUT2D eigenvalue weighted by molar-refractivity contribution is 6.05. The van der Waals surface area contributed by atoms with Crippen molar-refractivity contribution < 1.29 is 38.1 Å². The van der Waals surface area contributed by atoms with Crippen LogP contribution in [0.1, 0.15) is 41.5 Å². The summed E-state index contributed by atoms with van der Waals surface area (Å²) >= 11 is 0. The normalized spacial score (nSPS) is 10.1. The molecule has 0 unspecified atom stereocenters. The number of hydrogen-bond donors (Lipinski definition) is 1. The van der Waals surface area contributed by atoms with E-state index in [-0.39, 0.29) is 11.1 Å². The van der Waals surface area contributed by atoms with Gasteiger partial charge in [0.05, 0.1) is 32.5 Å². The molecule has 2 aromatic rings. The summed E-state index contributed by atoms with van der Waals surface area (Å²) in [4.78, 5) is 36.7. The summed E-state index contributed by atoms with van der Waals surface area (Å²) in [6.45, 7) is 5.85. The number of hydrogen-bond acceptors (Lipinski definition) is 8. The Kier molecular flexibility index (Phi) is 9.34. The Morgan fingerprint density at radius 3 is 1.88 bits per heavy atom. The average molecular weight is 445 g/mol. The molecular weight excluding hydrogens is 418 g/mol. The maximum Gasteiger partial charge on any atom is 0.338 e.